The summed E-state index contributed by atoms with van der Waals surface area (Å²) in [6, 6.07) is 7.30. The normalized spacial score (nSPS) is 12.4. The van der Waals surface area contributed by atoms with Crippen LogP contribution in [0, 0.1) is 0 Å². The maximum atomic E-state index is 5.80. The Labute approximate surface area is 106 Å². The molecule has 0 saturated carbocycles. The Morgan fingerprint density at radius 2 is 2.00 bits per heavy atom. The minimum atomic E-state index is 0.304. The van der Waals surface area contributed by atoms with Crippen LogP contribution in [0.1, 0.15) is 6.92 Å². The van der Waals surface area contributed by atoms with E-state index in [1.54, 1.807) is 19.2 Å². The minimum absolute atomic E-state index is 0.304. The van der Waals surface area contributed by atoms with Crippen molar-refractivity contribution in [2.24, 2.45) is 15.7 Å². The van der Waals surface area contributed by atoms with Crippen molar-refractivity contribution >= 4 is 29.2 Å². The topological polar surface area (TPSA) is 74.8 Å². The van der Waals surface area contributed by atoms with Crippen molar-refractivity contribution in [3.05, 3.63) is 29.3 Å². The molecule has 0 atom stereocenters. The lowest BCUT2D eigenvalue weighted by Gasteiger charge is -2.11. The maximum Gasteiger partial charge on any atom is 0.202 e. The lowest BCUT2D eigenvalue weighted by molar-refractivity contribution is 1.09. The summed E-state index contributed by atoms with van der Waals surface area (Å²) < 4.78 is 0. The molecule has 0 aliphatic heterocycles. The number of benzene rings is 1. The van der Waals surface area contributed by atoms with Crippen LogP contribution in [0.25, 0.3) is 0 Å². The molecule has 1 rings (SSSR count). The highest BCUT2D eigenvalue weighted by Gasteiger charge is 2.00. The summed E-state index contributed by atoms with van der Waals surface area (Å²) >= 11 is 5.80. The number of anilines is 1. The first-order valence-electron chi connectivity index (χ1n) is 5.22. The molecule has 92 valence electrons. The Hall–Kier alpha value is -1.75. The zero-order valence-corrected chi connectivity index (χ0v) is 10.6. The van der Waals surface area contributed by atoms with Crippen LogP contribution < -0.4 is 16.4 Å². The molecule has 17 heavy (non-hydrogen) atoms. The van der Waals surface area contributed by atoms with Crippen LogP contribution in [0.5, 0.6) is 0 Å². The minimum Gasteiger partial charge on any atom is -0.370 e. The Morgan fingerprint density at radius 3 is 2.53 bits per heavy atom. The zero-order chi connectivity index (χ0) is 12.7. The van der Waals surface area contributed by atoms with Crippen LogP contribution in [0.3, 0.4) is 0 Å². The Balaban J connectivity index is 2.73. The molecule has 1 aromatic rings. The van der Waals surface area contributed by atoms with E-state index < -0.39 is 0 Å². The van der Waals surface area contributed by atoms with Crippen LogP contribution in [-0.4, -0.2) is 25.5 Å². The summed E-state index contributed by atoms with van der Waals surface area (Å²) in [6.45, 7) is 2.57. The second-order valence-electron chi connectivity index (χ2n) is 3.19. The first kappa shape index (κ1) is 13.3. The fourth-order valence-electron chi connectivity index (χ4n) is 1.12. The molecule has 0 unspecified atom stereocenters. The highest BCUT2D eigenvalue weighted by Crippen LogP contribution is 2.13. The molecule has 5 nitrogen and oxygen atoms in total. The smallest absolute Gasteiger partial charge is 0.202 e. The SMILES string of the molecule is CCN=C(NC(N)=NC)Nc1ccc(Cl)cc1. The fourth-order valence-corrected chi connectivity index (χ4v) is 1.24. The maximum absolute atomic E-state index is 5.80. The predicted molar refractivity (Wildman–Crippen MR) is 73.7 cm³/mol. The van der Waals surface area contributed by atoms with Gasteiger partial charge in [-0.1, -0.05) is 11.6 Å². The van der Waals surface area contributed by atoms with Crippen LogP contribution in [-0.2, 0) is 0 Å². The Kier molecular flexibility index (Phi) is 5.29. The number of aliphatic imine (C=N–C) groups is 2. The Morgan fingerprint density at radius 1 is 1.35 bits per heavy atom. The summed E-state index contributed by atoms with van der Waals surface area (Å²) in [7, 11) is 1.61. The number of hydrogen-bond acceptors (Lipinski definition) is 2. The molecule has 0 aliphatic rings. The van der Waals surface area contributed by atoms with Gasteiger partial charge in [-0.2, -0.15) is 0 Å². The summed E-state index contributed by atoms with van der Waals surface area (Å²) in [5, 5.41) is 6.64. The molecule has 6 heteroatoms. The molecule has 0 amide bonds. The van der Waals surface area contributed by atoms with Gasteiger partial charge in [0, 0.05) is 24.3 Å². The van der Waals surface area contributed by atoms with Gasteiger partial charge in [0.25, 0.3) is 0 Å². The number of nitrogens with one attached hydrogen (secondary N) is 2. The molecule has 0 radical (unpaired) electrons. The van der Waals surface area contributed by atoms with Gasteiger partial charge in [0.1, 0.15) is 0 Å². The molecule has 0 aromatic heterocycles. The second kappa shape index (κ2) is 6.75. The van der Waals surface area contributed by atoms with Gasteiger partial charge in [0.05, 0.1) is 0 Å². The van der Waals surface area contributed by atoms with Crippen molar-refractivity contribution < 1.29 is 0 Å². The fraction of sp³-hybridized carbons (Fsp3) is 0.273. The second-order valence-corrected chi connectivity index (χ2v) is 3.63. The quantitative estimate of drug-likeness (QED) is 0.554. The standard InChI is InChI=1S/C11H16ClN5/c1-3-15-11(17-10(13)14-2)16-9-6-4-8(12)5-7-9/h4-7H,3H2,1-2H3,(H4,13,14,15,16,17). The van der Waals surface area contributed by atoms with E-state index in [4.69, 9.17) is 17.3 Å². The van der Waals surface area contributed by atoms with E-state index in [0.717, 1.165) is 5.69 Å². The molecule has 0 aliphatic carbocycles. The highest BCUT2D eigenvalue weighted by atomic mass is 35.5. The lowest BCUT2D eigenvalue weighted by atomic mass is 10.3. The number of hydrogen-bond donors (Lipinski definition) is 3. The van der Waals surface area contributed by atoms with Gasteiger partial charge in [-0.25, -0.2) is 0 Å². The number of guanidine groups is 2. The lowest BCUT2D eigenvalue weighted by Crippen LogP contribution is -2.40. The summed E-state index contributed by atoms with van der Waals surface area (Å²) in [5.74, 6) is 0.858. The largest absolute Gasteiger partial charge is 0.370 e. The first-order valence-corrected chi connectivity index (χ1v) is 5.59. The molecular weight excluding hydrogens is 238 g/mol. The Bertz CT molecular complexity index is 410. The van der Waals surface area contributed by atoms with Crippen LogP contribution in [0.15, 0.2) is 34.3 Å². The van der Waals surface area contributed by atoms with E-state index in [1.165, 1.54) is 0 Å². The van der Waals surface area contributed by atoms with Crippen molar-refractivity contribution in [3.8, 4) is 0 Å². The average molecular weight is 254 g/mol. The molecule has 0 spiro atoms. The molecule has 0 bridgehead atoms. The molecule has 1 aromatic carbocycles. The van der Waals surface area contributed by atoms with Crippen molar-refractivity contribution in [1.82, 2.24) is 5.32 Å². The van der Waals surface area contributed by atoms with E-state index in [-0.39, 0.29) is 0 Å². The van der Waals surface area contributed by atoms with Gasteiger partial charge in [0.15, 0.2) is 5.96 Å². The molecule has 0 saturated heterocycles. The van der Waals surface area contributed by atoms with Gasteiger partial charge in [-0.15, -0.1) is 0 Å². The third-order valence-corrected chi connectivity index (χ3v) is 2.16. The summed E-state index contributed by atoms with van der Waals surface area (Å²) in [4.78, 5) is 8.04. The van der Waals surface area contributed by atoms with E-state index in [2.05, 4.69) is 20.6 Å². The van der Waals surface area contributed by atoms with Gasteiger partial charge in [0.2, 0.25) is 5.96 Å². The number of nitrogens with zero attached hydrogens (tertiary/aromatic N) is 2. The van der Waals surface area contributed by atoms with Crippen LogP contribution in [0.4, 0.5) is 5.69 Å². The van der Waals surface area contributed by atoms with Crippen molar-refractivity contribution in [2.45, 2.75) is 6.92 Å². The van der Waals surface area contributed by atoms with E-state index in [9.17, 15) is 0 Å². The van der Waals surface area contributed by atoms with Gasteiger partial charge in [-0.05, 0) is 31.2 Å². The molecule has 0 fully saturated rings. The predicted octanol–water partition coefficient (Wildman–Crippen LogP) is 1.66. The van der Waals surface area contributed by atoms with Gasteiger partial charge >= 0.3 is 0 Å². The summed E-state index contributed by atoms with van der Waals surface area (Å²) in [6.07, 6.45) is 0. The van der Waals surface area contributed by atoms with Crippen molar-refractivity contribution in [2.75, 3.05) is 18.9 Å². The molecule has 4 N–H and O–H groups in total. The van der Waals surface area contributed by atoms with Crippen molar-refractivity contribution in [3.63, 3.8) is 0 Å². The van der Waals surface area contributed by atoms with E-state index in [0.29, 0.717) is 23.5 Å². The summed E-state index contributed by atoms with van der Waals surface area (Å²) in [5.41, 5.74) is 6.45. The third kappa shape index (κ3) is 4.74. The number of nitrogens with two attached hydrogens (primary N) is 1. The number of rotatable bonds is 2. The molecule has 0 heterocycles. The van der Waals surface area contributed by atoms with Gasteiger partial charge < -0.3 is 11.1 Å². The van der Waals surface area contributed by atoms with Crippen LogP contribution in [0.2, 0.25) is 5.02 Å². The zero-order valence-electron chi connectivity index (χ0n) is 9.87. The van der Waals surface area contributed by atoms with E-state index >= 15 is 0 Å². The van der Waals surface area contributed by atoms with E-state index in [1.807, 2.05) is 19.1 Å². The average Bonchev–Trinajstić information content (AvgIpc) is 2.32. The van der Waals surface area contributed by atoms with Crippen LogP contribution >= 0.6 is 11.6 Å². The number of halogens is 1. The monoisotopic (exact) mass is 253 g/mol. The van der Waals surface area contributed by atoms with Crippen molar-refractivity contribution in [1.29, 1.82) is 0 Å². The first-order chi connectivity index (χ1) is 8.15. The van der Waals surface area contributed by atoms with Gasteiger partial charge in [-0.3, -0.25) is 15.3 Å². The molecular formula is C11H16ClN5. The highest BCUT2D eigenvalue weighted by molar-refractivity contribution is 6.30. The third-order valence-electron chi connectivity index (χ3n) is 1.91.